The molecule has 0 N–H and O–H groups in total. The molecule has 0 atom stereocenters. The lowest BCUT2D eigenvalue weighted by atomic mass is 10.6. The maximum Gasteiger partial charge on any atom is 0.281 e. The predicted molar refractivity (Wildman–Crippen MR) is 37.0 cm³/mol. The maximum absolute atomic E-state index is 10.4. The molecule has 4 heteroatoms. The first-order valence-corrected chi connectivity index (χ1v) is 3.52. The third-order valence-electron chi connectivity index (χ3n) is 0.789. The molecule has 0 spiro atoms. The van der Waals surface area contributed by atoms with Gasteiger partial charge < -0.3 is 0 Å². The molecule has 0 radical (unpaired) electrons. The van der Waals surface area contributed by atoms with Gasteiger partial charge in [-0.15, -0.1) is 11.3 Å². The molecule has 0 bridgehead atoms. The first kappa shape index (κ1) is 6.71. The van der Waals surface area contributed by atoms with Crippen LogP contribution in [0, 0.1) is 6.92 Å². The van der Waals surface area contributed by atoms with E-state index in [1.54, 1.807) is 6.20 Å². The van der Waals surface area contributed by atoms with E-state index in [0.717, 1.165) is 4.88 Å². The van der Waals surface area contributed by atoms with Crippen molar-refractivity contribution in [3.8, 4) is 0 Å². The fourth-order valence-corrected chi connectivity index (χ4v) is 1.21. The van der Waals surface area contributed by atoms with Crippen LogP contribution in [-0.2, 0) is 0 Å². The van der Waals surface area contributed by atoms with Gasteiger partial charge in [0.15, 0.2) is 5.01 Å². The molecule has 1 heterocycles. The van der Waals surface area contributed by atoms with Crippen LogP contribution in [0.4, 0.5) is 0 Å². The second-order valence-corrected chi connectivity index (χ2v) is 3.13. The van der Waals surface area contributed by atoms with E-state index in [1.165, 1.54) is 11.3 Å². The van der Waals surface area contributed by atoms with Crippen molar-refractivity contribution in [3.05, 3.63) is 16.1 Å². The number of nitrogens with zero attached hydrogens (tertiary/aromatic N) is 1. The van der Waals surface area contributed by atoms with Crippen LogP contribution in [0.15, 0.2) is 6.20 Å². The molecular weight excluding hydrogens is 158 g/mol. The third-order valence-corrected chi connectivity index (χ3v) is 1.99. The normalized spacial score (nSPS) is 9.56. The number of hydrogen-bond acceptors (Lipinski definition) is 3. The molecule has 0 fully saturated rings. The Balaban J connectivity index is 2.98. The van der Waals surface area contributed by atoms with Crippen molar-refractivity contribution >= 4 is 28.2 Å². The Morgan fingerprint density at radius 3 is 2.78 bits per heavy atom. The summed E-state index contributed by atoms with van der Waals surface area (Å²) in [7, 11) is 0. The third kappa shape index (κ3) is 1.50. The molecule has 0 saturated heterocycles. The van der Waals surface area contributed by atoms with E-state index < -0.39 is 5.24 Å². The van der Waals surface area contributed by atoms with E-state index in [4.69, 9.17) is 11.6 Å². The van der Waals surface area contributed by atoms with Gasteiger partial charge in [0.25, 0.3) is 5.24 Å². The van der Waals surface area contributed by atoms with E-state index in [0.29, 0.717) is 5.01 Å². The van der Waals surface area contributed by atoms with Crippen LogP contribution in [0.3, 0.4) is 0 Å². The largest absolute Gasteiger partial charge is 0.281 e. The van der Waals surface area contributed by atoms with E-state index in [2.05, 4.69) is 4.98 Å². The summed E-state index contributed by atoms with van der Waals surface area (Å²) in [6.45, 7) is 1.88. The van der Waals surface area contributed by atoms with Crippen LogP contribution in [0.5, 0.6) is 0 Å². The summed E-state index contributed by atoms with van der Waals surface area (Å²) in [6.07, 6.45) is 1.63. The van der Waals surface area contributed by atoms with E-state index >= 15 is 0 Å². The molecule has 0 aliphatic carbocycles. The molecule has 0 unspecified atom stereocenters. The van der Waals surface area contributed by atoms with Crippen molar-refractivity contribution < 1.29 is 4.79 Å². The minimum atomic E-state index is -0.479. The molecule has 0 aromatic carbocycles. The molecule has 0 saturated carbocycles. The molecule has 0 amide bonds. The molecule has 0 aliphatic rings. The Morgan fingerprint density at radius 1 is 1.89 bits per heavy atom. The Morgan fingerprint density at radius 2 is 2.56 bits per heavy atom. The summed E-state index contributed by atoms with van der Waals surface area (Å²) in [6, 6.07) is 0. The van der Waals surface area contributed by atoms with Gasteiger partial charge in [0.2, 0.25) is 0 Å². The first-order valence-electron chi connectivity index (χ1n) is 2.32. The molecule has 48 valence electrons. The van der Waals surface area contributed by atoms with Crippen molar-refractivity contribution in [3.63, 3.8) is 0 Å². The highest BCUT2D eigenvalue weighted by atomic mass is 35.5. The van der Waals surface area contributed by atoms with Crippen LogP contribution >= 0.6 is 22.9 Å². The van der Waals surface area contributed by atoms with Gasteiger partial charge in [0, 0.05) is 11.1 Å². The number of halogens is 1. The molecule has 2 nitrogen and oxygen atoms in total. The van der Waals surface area contributed by atoms with Crippen LogP contribution in [0.2, 0.25) is 0 Å². The van der Waals surface area contributed by atoms with Crippen molar-refractivity contribution in [2.45, 2.75) is 6.92 Å². The summed E-state index contributed by atoms with van der Waals surface area (Å²) < 4.78 is 0. The summed E-state index contributed by atoms with van der Waals surface area (Å²) in [5.41, 5.74) is 0. The number of carbonyl (C=O) groups excluding carboxylic acids is 1. The van der Waals surface area contributed by atoms with Gasteiger partial charge in [0.1, 0.15) is 0 Å². The lowest BCUT2D eigenvalue weighted by molar-refractivity contribution is 0.108. The van der Waals surface area contributed by atoms with Gasteiger partial charge >= 0.3 is 0 Å². The Labute approximate surface area is 61.5 Å². The minimum absolute atomic E-state index is 0.370. The number of aromatic nitrogens is 1. The number of hydrogen-bond donors (Lipinski definition) is 0. The second kappa shape index (κ2) is 2.45. The highest BCUT2D eigenvalue weighted by Crippen LogP contribution is 2.12. The zero-order valence-corrected chi connectivity index (χ0v) is 6.29. The van der Waals surface area contributed by atoms with E-state index in [9.17, 15) is 4.79 Å². The van der Waals surface area contributed by atoms with Crippen LogP contribution in [-0.4, -0.2) is 10.2 Å². The van der Waals surface area contributed by atoms with Crippen molar-refractivity contribution in [2.75, 3.05) is 0 Å². The molecule has 9 heavy (non-hydrogen) atoms. The summed E-state index contributed by atoms with van der Waals surface area (Å²) in [4.78, 5) is 15.1. The number of aryl methyl sites for hydroxylation is 1. The highest BCUT2D eigenvalue weighted by Gasteiger charge is 2.04. The average Bonchev–Trinajstić information content (AvgIpc) is 2.14. The van der Waals surface area contributed by atoms with Crippen LogP contribution in [0.25, 0.3) is 0 Å². The van der Waals surface area contributed by atoms with Gasteiger partial charge in [-0.1, -0.05) is 0 Å². The van der Waals surface area contributed by atoms with Gasteiger partial charge in [-0.2, -0.15) is 0 Å². The highest BCUT2D eigenvalue weighted by molar-refractivity contribution is 7.15. The Kier molecular flexibility index (Phi) is 1.83. The van der Waals surface area contributed by atoms with Gasteiger partial charge in [-0.05, 0) is 18.5 Å². The van der Waals surface area contributed by atoms with Gasteiger partial charge in [0.05, 0.1) is 0 Å². The monoisotopic (exact) mass is 161 g/mol. The van der Waals surface area contributed by atoms with Crippen molar-refractivity contribution in [1.82, 2.24) is 4.98 Å². The lowest BCUT2D eigenvalue weighted by Gasteiger charge is -1.76. The van der Waals surface area contributed by atoms with Crippen molar-refractivity contribution in [1.29, 1.82) is 0 Å². The molecule has 0 aliphatic heterocycles. The van der Waals surface area contributed by atoms with Crippen LogP contribution in [0.1, 0.15) is 14.7 Å². The van der Waals surface area contributed by atoms with Gasteiger partial charge in [-0.25, -0.2) is 4.98 Å². The molecule has 1 aromatic heterocycles. The maximum atomic E-state index is 10.4. The first-order chi connectivity index (χ1) is 4.20. The number of rotatable bonds is 1. The summed E-state index contributed by atoms with van der Waals surface area (Å²) >= 11 is 6.43. The molecule has 1 aromatic rings. The SMILES string of the molecule is Cc1cnc(C(=O)Cl)s1. The summed E-state index contributed by atoms with van der Waals surface area (Å²) in [5.74, 6) is 0. The molecule has 1 rings (SSSR count). The smallest absolute Gasteiger partial charge is 0.273 e. The Hall–Kier alpha value is -0.410. The fourth-order valence-electron chi connectivity index (χ4n) is 0.446. The van der Waals surface area contributed by atoms with Crippen molar-refractivity contribution in [2.24, 2.45) is 0 Å². The zero-order chi connectivity index (χ0) is 6.85. The van der Waals surface area contributed by atoms with Crippen LogP contribution < -0.4 is 0 Å². The average molecular weight is 162 g/mol. The summed E-state index contributed by atoms with van der Waals surface area (Å²) in [5, 5.41) is -0.109. The zero-order valence-electron chi connectivity index (χ0n) is 4.72. The van der Waals surface area contributed by atoms with E-state index in [1.807, 2.05) is 6.92 Å². The number of carbonyl (C=O) groups is 1. The predicted octanol–water partition coefficient (Wildman–Crippen LogP) is 1.83. The quantitative estimate of drug-likeness (QED) is 0.589. The number of thiazole rings is 1. The minimum Gasteiger partial charge on any atom is -0.273 e. The molecular formula is C5H4ClNOS. The topological polar surface area (TPSA) is 30.0 Å². The van der Waals surface area contributed by atoms with Gasteiger partial charge in [-0.3, -0.25) is 4.79 Å². The fraction of sp³-hybridized carbons (Fsp3) is 0.200. The lowest BCUT2D eigenvalue weighted by Crippen LogP contribution is -1.83. The van der Waals surface area contributed by atoms with E-state index in [-0.39, 0.29) is 0 Å². The second-order valence-electron chi connectivity index (χ2n) is 1.55. The standard InChI is InChI=1S/C5H4ClNOS/c1-3-2-7-5(9-3)4(6)8/h2H,1H3. The Bertz CT molecular complexity index is 233.